The Balaban J connectivity index is 1.78. The van der Waals surface area contributed by atoms with Crippen molar-refractivity contribution in [2.75, 3.05) is 18.0 Å². The topological polar surface area (TPSA) is 97.0 Å². The molecule has 3 heterocycles. The van der Waals surface area contributed by atoms with Crippen LogP contribution in [-0.4, -0.2) is 40.0 Å². The number of nitrogens with zero attached hydrogens (tertiary/aromatic N) is 4. The first-order valence-corrected chi connectivity index (χ1v) is 8.50. The summed E-state index contributed by atoms with van der Waals surface area (Å²) in [7, 11) is 0. The Morgan fingerprint density at radius 3 is 2.84 bits per heavy atom. The van der Waals surface area contributed by atoms with Crippen LogP contribution in [0.5, 0.6) is 0 Å². The summed E-state index contributed by atoms with van der Waals surface area (Å²) in [6, 6.07) is 4.00. The van der Waals surface area contributed by atoms with Gasteiger partial charge in [-0.05, 0) is 38.8 Å². The van der Waals surface area contributed by atoms with E-state index in [0.29, 0.717) is 6.54 Å². The molecule has 0 unspecified atom stereocenters. The van der Waals surface area contributed by atoms with Crippen LogP contribution < -0.4 is 16.0 Å². The summed E-state index contributed by atoms with van der Waals surface area (Å²) in [4.78, 5) is 27.8. The molecule has 2 aromatic heterocycles. The highest BCUT2D eigenvalue weighted by Gasteiger charge is 2.24. The molecule has 1 fully saturated rings. The molecule has 7 heteroatoms. The molecule has 7 nitrogen and oxygen atoms in total. The largest absolute Gasteiger partial charge is 0.355 e. The highest BCUT2D eigenvalue weighted by molar-refractivity contribution is 5.91. The number of nitrogens with one attached hydrogen (secondary N) is 1. The van der Waals surface area contributed by atoms with Gasteiger partial charge in [0.2, 0.25) is 5.82 Å². The van der Waals surface area contributed by atoms with Gasteiger partial charge in [0.15, 0.2) is 0 Å². The first-order chi connectivity index (χ1) is 12.0. The Hall–Kier alpha value is -2.54. The molecule has 1 aliphatic rings. The zero-order valence-corrected chi connectivity index (χ0v) is 14.9. The van der Waals surface area contributed by atoms with Gasteiger partial charge in [-0.3, -0.25) is 9.78 Å². The maximum absolute atomic E-state index is 12.5. The third-order valence-corrected chi connectivity index (χ3v) is 4.63. The fourth-order valence-corrected chi connectivity index (χ4v) is 2.95. The maximum Gasteiger partial charge on any atom is 0.289 e. The van der Waals surface area contributed by atoms with Gasteiger partial charge >= 0.3 is 0 Å². The maximum atomic E-state index is 12.5. The Kier molecular flexibility index (Phi) is 4.94. The fourth-order valence-electron chi connectivity index (χ4n) is 2.95. The van der Waals surface area contributed by atoms with Gasteiger partial charge in [-0.25, -0.2) is 9.97 Å². The summed E-state index contributed by atoms with van der Waals surface area (Å²) in [5.74, 6) is 0.699. The van der Waals surface area contributed by atoms with Crippen LogP contribution in [0, 0.1) is 20.8 Å². The molecule has 0 spiro atoms. The minimum absolute atomic E-state index is 0.152. The van der Waals surface area contributed by atoms with Crippen LogP contribution in [0.4, 0.5) is 5.82 Å². The second-order valence-electron chi connectivity index (χ2n) is 6.53. The van der Waals surface area contributed by atoms with Crippen molar-refractivity contribution in [2.24, 2.45) is 5.73 Å². The SMILES string of the molecule is Cc1cccnc1CNC(=O)c1nc(C)c(C)c(N2CC[C@@H](N)C2)n1. The van der Waals surface area contributed by atoms with E-state index < -0.39 is 0 Å². The molecule has 0 saturated carbocycles. The van der Waals surface area contributed by atoms with Crippen molar-refractivity contribution in [3.8, 4) is 0 Å². The quantitative estimate of drug-likeness (QED) is 0.870. The summed E-state index contributed by atoms with van der Waals surface area (Å²) < 4.78 is 0. The number of hydrogen-bond acceptors (Lipinski definition) is 6. The van der Waals surface area contributed by atoms with E-state index in [4.69, 9.17) is 5.73 Å². The predicted octanol–water partition coefficient (Wildman–Crippen LogP) is 1.26. The van der Waals surface area contributed by atoms with Gasteiger partial charge in [0.05, 0.1) is 12.2 Å². The summed E-state index contributed by atoms with van der Waals surface area (Å²) in [5.41, 5.74) is 9.68. The van der Waals surface area contributed by atoms with Crippen molar-refractivity contribution < 1.29 is 4.79 Å². The van der Waals surface area contributed by atoms with E-state index in [2.05, 4.69) is 25.2 Å². The van der Waals surface area contributed by atoms with Crippen molar-refractivity contribution in [1.29, 1.82) is 0 Å². The monoisotopic (exact) mass is 340 g/mol. The van der Waals surface area contributed by atoms with E-state index in [1.807, 2.05) is 32.9 Å². The van der Waals surface area contributed by atoms with E-state index in [1.54, 1.807) is 6.20 Å². The summed E-state index contributed by atoms with van der Waals surface area (Å²) >= 11 is 0. The molecule has 132 valence electrons. The average molecular weight is 340 g/mol. The standard InChI is InChI=1S/C18H24N6O/c1-11-5-4-7-20-15(11)9-21-18(25)16-22-13(3)12(2)17(23-16)24-8-6-14(19)10-24/h4-5,7,14H,6,8-10,19H2,1-3H3,(H,21,25)/t14-/m1/s1. The highest BCUT2D eigenvalue weighted by Crippen LogP contribution is 2.23. The van der Waals surface area contributed by atoms with E-state index in [9.17, 15) is 4.79 Å². The lowest BCUT2D eigenvalue weighted by Crippen LogP contribution is -2.30. The molecular weight excluding hydrogens is 316 g/mol. The van der Waals surface area contributed by atoms with Crippen molar-refractivity contribution in [2.45, 2.75) is 39.8 Å². The molecule has 1 aliphatic heterocycles. The molecule has 1 atom stereocenters. The van der Waals surface area contributed by atoms with Gasteiger partial charge in [-0.2, -0.15) is 0 Å². The van der Waals surface area contributed by atoms with Gasteiger partial charge < -0.3 is 16.0 Å². The molecular formula is C18H24N6O. The molecule has 2 aromatic rings. The zero-order chi connectivity index (χ0) is 18.0. The van der Waals surface area contributed by atoms with Crippen molar-refractivity contribution >= 4 is 11.7 Å². The first kappa shape index (κ1) is 17.3. The Morgan fingerprint density at radius 1 is 1.36 bits per heavy atom. The molecule has 0 bridgehead atoms. The van der Waals surface area contributed by atoms with Crippen LogP contribution in [0.2, 0.25) is 0 Å². The number of carbonyl (C=O) groups is 1. The van der Waals surface area contributed by atoms with Crippen molar-refractivity contribution in [1.82, 2.24) is 20.3 Å². The number of aryl methyl sites for hydroxylation is 2. The van der Waals surface area contributed by atoms with Crippen LogP contribution in [0.15, 0.2) is 18.3 Å². The van der Waals surface area contributed by atoms with Gasteiger partial charge in [-0.1, -0.05) is 6.07 Å². The van der Waals surface area contributed by atoms with Crippen molar-refractivity contribution in [3.63, 3.8) is 0 Å². The van der Waals surface area contributed by atoms with Crippen LogP contribution in [0.25, 0.3) is 0 Å². The lowest BCUT2D eigenvalue weighted by atomic mass is 10.2. The Morgan fingerprint density at radius 2 is 2.16 bits per heavy atom. The van der Waals surface area contributed by atoms with E-state index >= 15 is 0 Å². The number of pyridine rings is 1. The minimum Gasteiger partial charge on any atom is -0.355 e. The Bertz CT molecular complexity index is 791. The number of carbonyl (C=O) groups excluding carboxylic acids is 1. The third-order valence-electron chi connectivity index (χ3n) is 4.63. The van der Waals surface area contributed by atoms with Crippen LogP contribution >= 0.6 is 0 Å². The number of hydrogen-bond donors (Lipinski definition) is 2. The summed E-state index contributed by atoms with van der Waals surface area (Å²) in [6.07, 6.45) is 2.65. The summed E-state index contributed by atoms with van der Waals surface area (Å²) in [6.45, 7) is 7.81. The second kappa shape index (κ2) is 7.14. The number of amides is 1. The molecule has 3 rings (SSSR count). The third kappa shape index (κ3) is 3.76. The highest BCUT2D eigenvalue weighted by atomic mass is 16.2. The van der Waals surface area contributed by atoms with Gasteiger partial charge in [-0.15, -0.1) is 0 Å². The van der Waals surface area contributed by atoms with Gasteiger partial charge in [0.25, 0.3) is 5.91 Å². The predicted molar refractivity (Wildman–Crippen MR) is 96.5 cm³/mol. The average Bonchev–Trinajstić information content (AvgIpc) is 3.02. The molecule has 0 radical (unpaired) electrons. The number of rotatable bonds is 4. The van der Waals surface area contributed by atoms with E-state index in [1.165, 1.54) is 0 Å². The first-order valence-electron chi connectivity index (χ1n) is 8.50. The van der Waals surface area contributed by atoms with Crippen LogP contribution in [0.1, 0.15) is 39.6 Å². The van der Waals surface area contributed by atoms with E-state index in [0.717, 1.165) is 47.8 Å². The van der Waals surface area contributed by atoms with Crippen molar-refractivity contribution in [3.05, 3.63) is 46.7 Å². The molecule has 25 heavy (non-hydrogen) atoms. The Labute approximate surface area is 147 Å². The lowest BCUT2D eigenvalue weighted by Gasteiger charge is -2.20. The number of anilines is 1. The smallest absolute Gasteiger partial charge is 0.289 e. The number of aromatic nitrogens is 3. The van der Waals surface area contributed by atoms with Gasteiger partial charge in [0, 0.05) is 36.6 Å². The second-order valence-corrected chi connectivity index (χ2v) is 6.53. The fraction of sp³-hybridized carbons (Fsp3) is 0.444. The molecule has 1 amide bonds. The minimum atomic E-state index is -0.294. The zero-order valence-electron chi connectivity index (χ0n) is 14.9. The molecule has 3 N–H and O–H groups in total. The van der Waals surface area contributed by atoms with E-state index in [-0.39, 0.29) is 17.8 Å². The summed E-state index contributed by atoms with van der Waals surface area (Å²) in [5, 5.41) is 2.86. The molecule has 1 saturated heterocycles. The number of nitrogens with two attached hydrogens (primary N) is 1. The lowest BCUT2D eigenvalue weighted by molar-refractivity contribution is 0.0939. The van der Waals surface area contributed by atoms with Crippen LogP contribution in [-0.2, 0) is 6.54 Å². The molecule has 0 aromatic carbocycles. The van der Waals surface area contributed by atoms with Crippen LogP contribution in [0.3, 0.4) is 0 Å². The normalized spacial score (nSPS) is 17.0. The van der Waals surface area contributed by atoms with Gasteiger partial charge in [0.1, 0.15) is 5.82 Å². The molecule has 0 aliphatic carbocycles.